The summed E-state index contributed by atoms with van der Waals surface area (Å²) in [5.74, 6) is 0.103. The van der Waals surface area contributed by atoms with E-state index >= 15 is 0 Å². The van der Waals surface area contributed by atoms with Crippen molar-refractivity contribution in [2.45, 2.75) is 12.2 Å². The summed E-state index contributed by atoms with van der Waals surface area (Å²) in [6, 6.07) is 5.59. The van der Waals surface area contributed by atoms with Gasteiger partial charge in [0.25, 0.3) is 0 Å². The molecule has 0 fully saturated rings. The van der Waals surface area contributed by atoms with Gasteiger partial charge >= 0.3 is 0 Å². The SMILES string of the molecule is NCCCS(=O)(=O)Cc1cn2ccccc2n1. The maximum absolute atomic E-state index is 11.7. The van der Waals surface area contributed by atoms with Crippen LogP contribution in [0.2, 0.25) is 0 Å². The van der Waals surface area contributed by atoms with Crippen molar-refractivity contribution in [2.75, 3.05) is 12.3 Å². The van der Waals surface area contributed by atoms with E-state index in [-0.39, 0.29) is 11.5 Å². The molecular formula is C11H15N3O2S. The Kier molecular flexibility index (Phi) is 3.44. The van der Waals surface area contributed by atoms with Gasteiger partial charge in [-0.25, -0.2) is 13.4 Å². The maximum Gasteiger partial charge on any atom is 0.156 e. The number of hydrogen-bond donors (Lipinski definition) is 1. The molecule has 0 aliphatic carbocycles. The molecule has 2 aromatic heterocycles. The van der Waals surface area contributed by atoms with Gasteiger partial charge in [0.2, 0.25) is 0 Å². The van der Waals surface area contributed by atoms with Crippen molar-refractivity contribution in [1.82, 2.24) is 9.38 Å². The van der Waals surface area contributed by atoms with Crippen molar-refractivity contribution in [1.29, 1.82) is 0 Å². The molecule has 0 bridgehead atoms. The third-order valence-corrected chi connectivity index (χ3v) is 4.09. The Balaban J connectivity index is 2.18. The molecule has 0 saturated carbocycles. The smallest absolute Gasteiger partial charge is 0.156 e. The fourth-order valence-corrected chi connectivity index (χ4v) is 3.00. The molecular weight excluding hydrogens is 238 g/mol. The van der Waals surface area contributed by atoms with Crippen LogP contribution in [0.15, 0.2) is 30.6 Å². The number of imidazole rings is 1. The summed E-state index contributed by atoms with van der Waals surface area (Å²) in [6.07, 6.45) is 4.09. The summed E-state index contributed by atoms with van der Waals surface area (Å²) < 4.78 is 25.3. The van der Waals surface area contributed by atoms with E-state index in [0.717, 1.165) is 5.65 Å². The minimum atomic E-state index is -3.10. The van der Waals surface area contributed by atoms with Gasteiger partial charge in [0, 0.05) is 12.4 Å². The number of aromatic nitrogens is 2. The molecule has 2 N–H and O–H groups in total. The highest BCUT2D eigenvalue weighted by molar-refractivity contribution is 7.90. The van der Waals surface area contributed by atoms with E-state index in [1.807, 2.05) is 28.8 Å². The molecule has 0 atom stereocenters. The number of nitrogens with two attached hydrogens (primary N) is 1. The topological polar surface area (TPSA) is 77.5 Å². The second-order valence-electron chi connectivity index (χ2n) is 3.93. The highest BCUT2D eigenvalue weighted by Crippen LogP contribution is 2.09. The van der Waals surface area contributed by atoms with Crippen molar-refractivity contribution in [2.24, 2.45) is 5.73 Å². The largest absolute Gasteiger partial charge is 0.330 e. The molecule has 0 saturated heterocycles. The van der Waals surface area contributed by atoms with Crippen LogP contribution >= 0.6 is 0 Å². The summed E-state index contributed by atoms with van der Waals surface area (Å²) in [5, 5.41) is 0. The van der Waals surface area contributed by atoms with E-state index in [2.05, 4.69) is 4.98 Å². The molecule has 0 aromatic carbocycles. The van der Waals surface area contributed by atoms with Crippen LogP contribution in [0.1, 0.15) is 12.1 Å². The van der Waals surface area contributed by atoms with Gasteiger partial charge in [0.1, 0.15) is 5.65 Å². The lowest BCUT2D eigenvalue weighted by molar-refractivity contribution is 0.592. The number of sulfone groups is 1. The number of pyridine rings is 1. The summed E-state index contributed by atoms with van der Waals surface area (Å²) in [6.45, 7) is 0.393. The van der Waals surface area contributed by atoms with Crippen LogP contribution in [0, 0.1) is 0 Å². The Hall–Kier alpha value is -1.40. The number of hydrogen-bond acceptors (Lipinski definition) is 4. The van der Waals surface area contributed by atoms with Gasteiger partial charge in [-0.1, -0.05) is 6.07 Å². The summed E-state index contributed by atoms with van der Waals surface area (Å²) in [5.41, 5.74) is 6.64. The molecule has 0 unspecified atom stereocenters. The molecule has 17 heavy (non-hydrogen) atoms. The quantitative estimate of drug-likeness (QED) is 0.846. The summed E-state index contributed by atoms with van der Waals surface area (Å²) in [4.78, 5) is 4.26. The molecule has 0 radical (unpaired) electrons. The molecule has 5 nitrogen and oxygen atoms in total. The number of rotatable bonds is 5. The van der Waals surface area contributed by atoms with Crippen molar-refractivity contribution in [3.8, 4) is 0 Å². The predicted molar refractivity (Wildman–Crippen MR) is 66.4 cm³/mol. The second-order valence-corrected chi connectivity index (χ2v) is 6.12. The molecule has 2 aromatic rings. The maximum atomic E-state index is 11.7. The Labute approximate surface area is 100 Å². The van der Waals surface area contributed by atoms with Gasteiger partial charge in [-0.15, -0.1) is 0 Å². The van der Waals surface area contributed by atoms with Crippen LogP contribution in [0.5, 0.6) is 0 Å². The van der Waals surface area contributed by atoms with E-state index < -0.39 is 9.84 Å². The predicted octanol–water partition coefficient (Wildman–Crippen LogP) is 0.598. The van der Waals surface area contributed by atoms with E-state index in [0.29, 0.717) is 18.7 Å². The standard InChI is InChI=1S/C11H15N3O2S/c12-5-3-7-17(15,16)9-10-8-14-6-2-1-4-11(14)13-10/h1-2,4,6,8H,3,5,7,9,12H2. The average Bonchev–Trinajstić information content (AvgIpc) is 2.67. The van der Waals surface area contributed by atoms with Gasteiger partial charge in [0.15, 0.2) is 9.84 Å². The van der Waals surface area contributed by atoms with Gasteiger partial charge < -0.3 is 10.1 Å². The molecule has 0 aliphatic rings. The van der Waals surface area contributed by atoms with E-state index in [1.165, 1.54) is 0 Å². The van der Waals surface area contributed by atoms with Crippen molar-refractivity contribution < 1.29 is 8.42 Å². The van der Waals surface area contributed by atoms with Crippen molar-refractivity contribution in [3.63, 3.8) is 0 Å². The first-order chi connectivity index (χ1) is 8.11. The first-order valence-corrected chi connectivity index (χ1v) is 7.26. The minimum absolute atomic E-state index is 0.0192. The molecule has 2 heterocycles. The number of fused-ring (bicyclic) bond motifs is 1. The van der Waals surface area contributed by atoms with Crippen LogP contribution < -0.4 is 5.73 Å². The highest BCUT2D eigenvalue weighted by atomic mass is 32.2. The molecule has 6 heteroatoms. The van der Waals surface area contributed by atoms with Crippen molar-refractivity contribution >= 4 is 15.5 Å². The first kappa shape index (κ1) is 12.1. The molecule has 92 valence electrons. The third-order valence-electron chi connectivity index (χ3n) is 2.44. The molecule has 2 rings (SSSR count). The lowest BCUT2D eigenvalue weighted by Gasteiger charge is -1.99. The second kappa shape index (κ2) is 4.85. The van der Waals surface area contributed by atoms with Crippen LogP contribution in [0.3, 0.4) is 0 Å². The lowest BCUT2D eigenvalue weighted by atomic mass is 10.5. The fraction of sp³-hybridized carbons (Fsp3) is 0.364. The normalized spacial score (nSPS) is 12.1. The van der Waals surface area contributed by atoms with E-state index in [9.17, 15) is 8.42 Å². The zero-order valence-corrected chi connectivity index (χ0v) is 10.2. The highest BCUT2D eigenvalue weighted by Gasteiger charge is 2.13. The summed E-state index contributed by atoms with van der Waals surface area (Å²) >= 11 is 0. The Morgan fingerprint density at radius 2 is 2.18 bits per heavy atom. The molecule has 0 aliphatic heterocycles. The number of nitrogens with zero attached hydrogens (tertiary/aromatic N) is 2. The Morgan fingerprint density at radius 1 is 1.35 bits per heavy atom. The van der Waals surface area contributed by atoms with Gasteiger partial charge in [-0.3, -0.25) is 0 Å². The van der Waals surface area contributed by atoms with E-state index in [4.69, 9.17) is 5.73 Å². The van der Waals surface area contributed by atoms with E-state index in [1.54, 1.807) is 6.20 Å². The molecule has 0 amide bonds. The third kappa shape index (κ3) is 3.04. The minimum Gasteiger partial charge on any atom is -0.330 e. The average molecular weight is 253 g/mol. The molecule has 0 spiro atoms. The van der Waals surface area contributed by atoms with Crippen molar-refractivity contribution in [3.05, 3.63) is 36.3 Å². The zero-order chi connectivity index (χ0) is 12.3. The van der Waals surface area contributed by atoms with Crippen LogP contribution in [0.4, 0.5) is 0 Å². The van der Waals surface area contributed by atoms with Crippen LogP contribution in [-0.2, 0) is 15.6 Å². The lowest BCUT2D eigenvalue weighted by Crippen LogP contribution is -2.13. The van der Waals surface area contributed by atoms with Gasteiger partial charge in [0.05, 0.1) is 17.2 Å². The Bertz CT molecular complexity index is 571. The van der Waals surface area contributed by atoms with Gasteiger partial charge in [-0.05, 0) is 25.1 Å². The monoisotopic (exact) mass is 253 g/mol. The first-order valence-electron chi connectivity index (χ1n) is 5.44. The van der Waals surface area contributed by atoms with Crippen LogP contribution in [-0.4, -0.2) is 30.1 Å². The van der Waals surface area contributed by atoms with Crippen LogP contribution in [0.25, 0.3) is 5.65 Å². The Morgan fingerprint density at radius 3 is 2.88 bits per heavy atom. The van der Waals surface area contributed by atoms with Gasteiger partial charge in [-0.2, -0.15) is 0 Å². The summed E-state index contributed by atoms with van der Waals surface area (Å²) in [7, 11) is -3.10. The zero-order valence-electron chi connectivity index (χ0n) is 9.41. The fourth-order valence-electron chi connectivity index (χ4n) is 1.66.